The van der Waals surface area contributed by atoms with Crippen molar-refractivity contribution in [3.05, 3.63) is 71.2 Å². The van der Waals surface area contributed by atoms with Gasteiger partial charge in [0.05, 0.1) is 20.5 Å². The lowest BCUT2D eigenvalue weighted by molar-refractivity contribution is -0.129. The quantitative estimate of drug-likeness (QED) is 0.415. The first-order valence-electron chi connectivity index (χ1n) is 12.9. The molecule has 0 radical (unpaired) electrons. The number of carbonyl (C=O) groups excluding carboxylic acids is 3. The van der Waals surface area contributed by atoms with E-state index in [1.807, 2.05) is 18.2 Å². The molecule has 194 valence electrons. The summed E-state index contributed by atoms with van der Waals surface area (Å²) in [6, 6.07) is 8.89. The van der Waals surface area contributed by atoms with E-state index in [4.69, 9.17) is 13.9 Å². The molecule has 2 fully saturated rings. The molecule has 0 spiro atoms. The van der Waals surface area contributed by atoms with Gasteiger partial charge in [-0.1, -0.05) is 31.6 Å². The van der Waals surface area contributed by atoms with Crippen molar-refractivity contribution in [3.8, 4) is 11.5 Å². The lowest BCUT2D eigenvalue weighted by atomic mass is 9.47. The van der Waals surface area contributed by atoms with Crippen LogP contribution in [-0.2, 0) is 16.0 Å². The van der Waals surface area contributed by atoms with Gasteiger partial charge in [0.1, 0.15) is 17.3 Å². The first kappa shape index (κ1) is 25.2. The molecule has 1 aromatic heterocycles. The van der Waals surface area contributed by atoms with E-state index < -0.39 is 0 Å². The van der Waals surface area contributed by atoms with Crippen molar-refractivity contribution in [2.24, 2.45) is 22.7 Å². The summed E-state index contributed by atoms with van der Waals surface area (Å²) in [7, 11) is 3.21. The lowest BCUT2D eigenvalue weighted by Gasteiger charge is -2.56. The Morgan fingerprint density at radius 1 is 1.00 bits per heavy atom. The third-order valence-corrected chi connectivity index (χ3v) is 8.51. The van der Waals surface area contributed by atoms with Gasteiger partial charge in [0, 0.05) is 36.3 Å². The average Bonchev–Trinajstić information content (AvgIpc) is 3.40. The predicted molar refractivity (Wildman–Crippen MR) is 139 cm³/mol. The van der Waals surface area contributed by atoms with Crippen molar-refractivity contribution < 1.29 is 28.3 Å². The second-order valence-corrected chi connectivity index (χ2v) is 11.5. The van der Waals surface area contributed by atoms with Gasteiger partial charge in [-0.2, -0.15) is 0 Å². The zero-order valence-corrected chi connectivity index (χ0v) is 22.0. The molecule has 1 heterocycles. The standard InChI is InChI=1S/C31H34O6/c1-30-15-21(26(32)12-19-10-22(35-3)14-23(11-19)36-4)16-31(2,18-30)25-8-7-20(29(34)24(25)17-30)13-27(33)28-6-5-9-37-28/h5-11,14,21,24H,12-13,15-18H2,1-4H3/t21?,24?,30-,31-/m0/s1. The average molecular weight is 503 g/mol. The predicted octanol–water partition coefficient (Wildman–Crippen LogP) is 5.95. The van der Waals surface area contributed by atoms with Crippen molar-refractivity contribution in [3.63, 3.8) is 0 Å². The van der Waals surface area contributed by atoms with Crippen LogP contribution in [0.25, 0.3) is 0 Å². The maximum absolute atomic E-state index is 13.6. The van der Waals surface area contributed by atoms with Gasteiger partial charge in [0.15, 0.2) is 11.5 Å². The van der Waals surface area contributed by atoms with Crippen molar-refractivity contribution in [1.82, 2.24) is 0 Å². The molecule has 0 amide bonds. The zero-order chi connectivity index (χ0) is 26.4. The van der Waals surface area contributed by atoms with Crippen LogP contribution in [0.1, 0.15) is 62.1 Å². The summed E-state index contributed by atoms with van der Waals surface area (Å²) >= 11 is 0. The molecule has 2 aromatic rings. The molecule has 3 aliphatic carbocycles. The smallest absolute Gasteiger partial charge is 0.202 e. The fourth-order valence-electron chi connectivity index (χ4n) is 7.13. The Morgan fingerprint density at radius 3 is 2.38 bits per heavy atom. The molecule has 2 unspecified atom stereocenters. The highest BCUT2D eigenvalue weighted by Gasteiger charge is 2.55. The largest absolute Gasteiger partial charge is 0.497 e. The Labute approximate surface area is 217 Å². The van der Waals surface area contributed by atoms with Gasteiger partial charge in [-0.15, -0.1) is 0 Å². The summed E-state index contributed by atoms with van der Waals surface area (Å²) in [5.74, 6) is 1.38. The summed E-state index contributed by atoms with van der Waals surface area (Å²) in [4.78, 5) is 39.7. The Bertz CT molecular complexity index is 1280. The monoisotopic (exact) mass is 502 g/mol. The number of furan rings is 1. The van der Waals surface area contributed by atoms with Gasteiger partial charge in [0.2, 0.25) is 5.78 Å². The SMILES string of the molecule is COc1cc(CC(=O)C2C[C@@]3(C)CC4C(=O)C(CC(=O)c5ccco5)=CC=C4[C@@](C)(C2)C3)cc(OC)c1. The van der Waals surface area contributed by atoms with Crippen molar-refractivity contribution in [2.45, 2.75) is 52.4 Å². The molecule has 1 aromatic carbocycles. The molecule has 6 nitrogen and oxygen atoms in total. The Hall–Kier alpha value is -3.41. The zero-order valence-electron chi connectivity index (χ0n) is 22.0. The highest BCUT2D eigenvalue weighted by molar-refractivity contribution is 6.07. The molecule has 2 bridgehead atoms. The molecule has 0 saturated heterocycles. The van der Waals surface area contributed by atoms with Gasteiger partial charge in [-0.05, 0) is 66.3 Å². The minimum absolute atomic E-state index is 0.0443. The van der Waals surface area contributed by atoms with Crippen LogP contribution in [-0.4, -0.2) is 31.6 Å². The van der Waals surface area contributed by atoms with Gasteiger partial charge >= 0.3 is 0 Å². The van der Waals surface area contributed by atoms with E-state index >= 15 is 0 Å². The Morgan fingerprint density at radius 2 is 1.73 bits per heavy atom. The molecule has 5 rings (SSSR count). The van der Waals surface area contributed by atoms with Crippen molar-refractivity contribution >= 4 is 17.3 Å². The first-order chi connectivity index (χ1) is 17.6. The number of fused-ring (bicyclic) bond motifs is 4. The molecule has 2 saturated carbocycles. The maximum atomic E-state index is 13.6. The van der Waals surface area contributed by atoms with Crippen LogP contribution in [0.3, 0.4) is 0 Å². The van der Waals surface area contributed by atoms with Crippen LogP contribution in [0, 0.1) is 22.7 Å². The molecule has 37 heavy (non-hydrogen) atoms. The van der Waals surface area contributed by atoms with Crippen LogP contribution in [0.15, 0.2) is 64.3 Å². The number of ether oxygens (including phenoxy) is 2. The van der Waals surface area contributed by atoms with Gasteiger partial charge < -0.3 is 13.9 Å². The number of benzene rings is 1. The number of hydrogen-bond acceptors (Lipinski definition) is 6. The summed E-state index contributed by atoms with van der Waals surface area (Å²) in [5.41, 5.74) is 2.19. The summed E-state index contributed by atoms with van der Waals surface area (Å²) in [5, 5.41) is 0. The van der Waals surface area contributed by atoms with E-state index in [2.05, 4.69) is 19.9 Å². The number of ketones is 3. The summed E-state index contributed by atoms with van der Waals surface area (Å²) in [6.45, 7) is 4.42. The number of methoxy groups -OCH3 is 2. The van der Waals surface area contributed by atoms with Crippen molar-refractivity contribution in [2.75, 3.05) is 14.2 Å². The molecule has 3 aliphatic rings. The van der Waals surface area contributed by atoms with Gasteiger partial charge in [0.25, 0.3) is 0 Å². The summed E-state index contributed by atoms with van der Waals surface area (Å²) < 4.78 is 16.0. The number of Topliss-reactive ketones (excluding diaryl/α,β-unsaturated/α-hetero) is 3. The van der Waals surface area contributed by atoms with E-state index in [9.17, 15) is 14.4 Å². The number of carbonyl (C=O) groups is 3. The topological polar surface area (TPSA) is 82.8 Å². The van der Waals surface area contributed by atoms with E-state index in [1.54, 1.807) is 32.4 Å². The normalized spacial score (nSPS) is 28.6. The Kier molecular flexibility index (Phi) is 6.47. The highest BCUT2D eigenvalue weighted by atomic mass is 16.5. The summed E-state index contributed by atoms with van der Waals surface area (Å²) in [6.07, 6.45) is 8.87. The van der Waals surface area contributed by atoms with E-state index in [0.29, 0.717) is 29.9 Å². The third-order valence-electron chi connectivity index (χ3n) is 8.51. The number of allylic oxidation sites excluding steroid dienone is 4. The van der Waals surface area contributed by atoms with E-state index in [-0.39, 0.29) is 52.2 Å². The molecule has 4 atom stereocenters. The fourth-order valence-corrected chi connectivity index (χ4v) is 7.13. The molecule has 0 N–H and O–H groups in total. The molecular formula is C31H34O6. The maximum Gasteiger partial charge on any atom is 0.202 e. The number of rotatable bonds is 8. The third kappa shape index (κ3) is 4.81. The van der Waals surface area contributed by atoms with Crippen LogP contribution >= 0.6 is 0 Å². The van der Waals surface area contributed by atoms with Crippen LogP contribution < -0.4 is 9.47 Å². The lowest BCUT2D eigenvalue weighted by Crippen LogP contribution is -2.50. The second kappa shape index (κ2) is 9.47. The number of hydrogen-bond donors (Lipinski definition) is 0. The fraction of sp³-hybridized carbons (Fsp3) is 0.452. The van der Waals surface area contributed by atoms with Crippen LogP contribution in [0.2, 0.25) is 0 Å². The first-order valence-corrected chi connectivity index (χ1v) is 12.9. The van der Waals surface area contributed by atoms with E-state index in [0.717, 1.165) is 30.4 Å². The van der Waals surface area contributed by atoms with Crippen molar-refractivity contribution in [1.29, 1.82) is 0 Å². The molecule has 0 aliphatic heterocycles. The highest BCUT2D eigenvalue weighted by Crippen LogP contribution is 2.62. The minimum Gasteiger partial charge on any atom is -0.497 e. The Balaban J connectivity index is 1.37. The molecule has 6 heteroatoms. The van der Waals surface area contributed by atoms with E-state index in [1.165, 1.54) is 6.26 Å². The molecular weight excluding hydrogens is 468 g/mol. The van der Waals surface area contributed by atoms with Gasteiger partial charge in [-0.25, -0.2) is 0 Å². The minimum atomic E-state index is -0.231. The van der Waals surface area contributed by atoms with Crippen LogP contribution in [0.5, 0.6) is 11.5 Å². The van der Waals surface area contributed by atoms with Gasteiger partial charge in [-0.3, -0.25) is 14.4 Å². The van der Waals surface area contributed by atoms with Crippen LogP contribution in [0.4, 0.5) is 0 Å². The second-order valence-electron chi connectivity index (χ2n) is 11.5.